The van der Waals surface area contributed by atoms with Crippen molar-refractivity contribution in [3.05, 3.63) is 95.1 Å². The minimum Gasteiger partial charge on any atom is -0.452 e. The highest BCUT2D eigenvalue weighted by molar-refractivity contribution is 6.34. The van der Waals surface area contributed by atoms with E-state index in [2.05, 4.69) is 0 Å². The standard InChI is InChI=1S/C26H20N2O5/c1-16-13-17-7-2-5-12-22(17)27(16)23(29)15-33-26(32)18-8-6-9-19(14-18)28-24(30)20-10-3-4-11-21(20)25(28)31/h2-12,14,16H,13,15H2,1H3/t16-/m1/s1. The molecule has 3 aromatic rings. The molecule has 7 nitrogen and oxygen atoms in total. The molecule has 0 unspecified atom stereocenters. The monoisotopic (exact) mass is 440 g/mol. The van der Waals surface area contributed by atoms with Gasteiger partial charge in [-0.3, -0.25) is 14.4 Å². The van der Waals surface area contributed by atoms with Gasteiger partial charge in [-0.2, -0.15) is 0 Å². The Labute approximate surface area is 190 Å². The van der Waals surface area contributed by atoms with E-state index < -0.39 is 24.4 Å². The van der Waals surface area contributed by atoms with Gasteiger partial charge in [-0.1, -0.05) is 36.4 Å². The van der Waals surface area contributed by atoms with Crippen LogP contribution in [0.4, 0.5) is 11.4 Å². The summed E-state index contributed by atoms with van der Waals surface area (Å²) in [5.41, 5.74) is 2.97. The molecule has 0 radical (unpaired) electrons. The van der Waals surface area contributed by atoms with Crippen LogP contribution in [0.5, 0.6) is 0 Å². The molecule has 0 aromatic heterocycles. The van der Waals surface area contributed by atoms with E-state index in [0.29, 0.717) is 11.1 Å². The minimum absolute atomic E-state index is 0.0225. The molecule has 0 saturated heterocycles. The minimum atomic E-state index is -0.707. The quantitative estimate of drug-likeness (QED) is 0.457. The van der Waals surface area contributed by atoms with Crippen LogP contribution in [-0.2, 0) is 16.0 Å². The van der Waals surface area contributed by atoms with Gasteiger partial charge < -0.3 is 9.64 Å². The van der Waals surface area contributed by atoms with Crippen molar-refractivity contribution in [1.29, 1.82) is 0 Å². The van der Waals surface area contributed by atoms with E-state index in [-0.39, 0.29) is 23.2 Å². The third-order valence-corrected chi connectivity index (χ3v) is 5.94. The molecule has 3 aromatic carbocycles. The van der Waals surface area contributed by atoms with Gasteiger partial charge in [-0.05, 0) is 55.3 Å². The lowest BCUT2D eigenvalue weighted by Crippen LogP contribution is -2.38. The van der Waals surface area contributed by atoms with Crippen molar-refractivity contribution in [1.82, 2.24) is 0 Å². The summed E-state index contributed by atoms with van der Waals surface area (Å²) in [6.07, 6.45) is 0.748. The van der Waals surface area contributed by atoms with Gasteiger partial charge in [0.1, 0.15) is 0 Å². The van der Waals surface area contributed by atoms with E-state index in [1.807, 2.05) is 31.2 Å². The number of para-hydroxylation sites is 1. The second kappa shape index (κ2) is 8.02. The average Bonchev–Trinajstić information content (AvgIpc) is 3.30. The number of fused-ring (bicyclic) bond motifs is 2. The van der Waals surface area contributed by atoms with E-state index in [0.717, 1.165) is 22.6 Å². The number of hydrogen-bond donors (Lipinski definition) is 0. The zero-order chi connectivity index (χ0) is 23.1. The number of carbonyl (C=O) groups excluding carboxylic acids is 4. The van der Waals surface area contributed by atoms with Gasteiger partial charge in [0.15, 0.2) is 6.61 Å². The van der Waals surface area contributed by atoms with E-state index in [1.165, 1.54) is 12.1 Å². The largest absolute Gasteiger partial charge is 0.452 e. The van der Waals surface area contributed by atoms with Crippen molar-refractivity contribution in [3.8, 4) is 0 Å². The highest BCUT2D eigenvalue weighted by Crippen LogP contribution is 2.32. The summed E-state index contributed by atoms with van der Waals surface area (Å²) in [6, 6.07) is 20.3. The summed E-state index contributed by atoms with van der Waals surface area (Å²) in [5, 5.41) is 0. The number of hydrogen-bond acceptors (Lipinski definition) is 5. The van der Waals surface area contributed by atoms with Crippen molar-refractivity contribution in [3.63, 3.8) is 0 Å². The van der Waals surface area contributed by atoms with Crippen LogP contribution < -0.4 is 9.80 Å². The van der Waals surface area contributed by atoms with Crippen LogP contribution in [-0.4, -0.2) is 36.3 Å². The van der Waals surface area contributed by atoms with Crippen LogP contribution in [0.15, 0.2) is 72.8 Å². The Hall–Kier alpha value is -4.26. The Kier molecular flexibility index (Phi) is 5.01. The first kappa shape index (κ1) is 20.6. The van der Waals surface area contributed by atoms with Crippen molar-refractivity contribution < 1.29 is 23.9 Å². The number of benzene rings is 3. The fraction of sp³-hybridized carbons (Fsp3) is 0.154. The highest BCUT2D eigenvalue weighted by Gasteiger charge is 2.36. The lowest BCUT2D eigenvalue weighted by molar-refractivity contribution is -0.122. The molecule has 5 rings (SSSR count). The lowest BCUT2D eigenvalue weighted by atomic mass is 10.1. The number of esters is 1. The zero-order valence-electron chi connectivity index (χ0n) is 17.9. The van der Waals surface area contributed by atoms with Crippen LogP contribution in [0.3, 0.4) is 0 Å². The molecule has 0 bridgehead atoms. The summed E-state index contributed by atoms with van der Waals surface area (Å²) in [7, 11) is 0. The van der Waals surface area contributed by atoms with Crippen molar-refractivity contribution >= 4 is 35.1 Å². The predicted octanol–water partition coefficient (Wildman–Crippen LogP) is 3.62. The second-order valence-electron chi connectivity index (χ2n) is 8.06. The molecule has 2 aliphatic heterocycles. The molecular weight excluding hydrogens is 420 g/mol. The number of ether oxygens (including phenoxy) is 1. The Morgan fingerprint density at radius 1 is 0.909 bits per heavy atom. The maximum absolute atomic E-state index is 12.8. The molecule has 0 N–H and O–H groups in total. The van der Waals surface area contributed by atoms with Crippen LogP contribution in [0.25, 0.3) is 0 Å². The molecule has 7 heteroatoms. The number of anilines is 2. The van der Waals surface area contributed by atoms with Gasteiger partial charge in [-0.25, -0.2) is 9.69 Å². The number of rotatable bonds is 4. The average molecular weight is 440 g/mol. The summed E-state index contributed by atoms with van der Waals surface area (Å²) in [6.45, 7) is 1.54. The molecule has 0 aliphatic carbocycles. The van der Waals surface area contributed by atoms with Gasteiger partial charge >= 0.3 is 5.97 Å². The summed E-state index contributed by atoms with van der Waals surface area (Å²) >= 11 is 0. The van der Waals surface area contributed by atoms with Gasteiger partial charge in [0.05, 0.1) is 22.4 Å². The van der Waals surface area contributed by atoms with Crippen molar-refractivity contribution in [2.24, 2.45) is 0 Å². The predicted molar refractivity (Wildman–Crippen MR) is 121 cm³/mol. The zero-order valence-corrected chi connectivity index (χ0v) is 17.9. The Morgan fingerprint density at radius 3 is 2.30 bits per heavy atom. The number of imide groups is 1. The highest BCUT2D eigenvalue weighted by atomic mass is 16.5. The molecule has 2 heterocycles. The van der Waals surface area contributed by atoms with Crippen molar-refractivity contribution in [2.75, 3.05) is 16.4 Å². The third kappa shape index (κ3) is 3.47. The molecule has 0 spiro atoms. The first-order chi connectivity index (χ1) is 16.0. The fourth-order valence-electron chi connectivity index (χ4n) is 4.42. The van der Waals surface area contributed by atoms with Crippen LogP contribution >= 0.6 is 0 Å². The summed E-state index contributed by atoms with van der Waals surface area (Å²) in [5.74, 6) is -1.91. The van der Waals surface area contributed by atoms with Crippen LogP contribution in [0.1, 0.15) is 43.6 Å². The molecule has 0 saturated carbocycles. The third-order valence-electron chi connectivity index (χ3n) is 5.94. The Balaban J connectivity index is 1.30. The summed E-state index contributed by atoms with van der Waals surface area (Å²) < 4.78 is 5.28. The molecule has 3 amide bonds. The SMILES string of the molecule is C[C@@H]1Cc2ccccc2N1C(=O)COC(=O)c1cccc(N2C(=O)c3ccccc3C2=O)c1. The van der Waals surface area contributed by atoms with Crippen LogP contribution in [0.2, 0.25) is 0 Å². The maximum Gasteiger partial charge on any atom is 0.338 e. The molecule has 2 aliphatic rings. The van der Waals surface area contributed by atoms with E-state index in [4.69, 9.17) is 4.74 Å². The van der Waals surface area contributed by atoms with Gasteiger partial charge in [0.25, 0.3) is 17.7 Å². The van der Waals surface area contributed by atoms with E-state index in [1.54, 1.807) is 41.3 Å². The first-order valence-electron chi connectivity index (χ1n) is 10.6. The molecule has 164 valence electrons. The van der Waals surface area contributed by atoms with E-state index in [9.17, 15) is 19.2 Å². The fourth-order valence-corrected chi connectivity index (χ4v) is 4.42. The van der Waals surface area contributed by atoms with Gasteiger partial charge in [-0.15, -0.1) is 0 Å². The lowest BCUT2D eigenvalue weighted by Gasteiger charge is -2.22. The molecular formula is C26H20N2O5. The Bertz CT molecular complexity index is 1280. The first-order valence-corrected chi connectivity index (χ1v) is 10.6. The molecule has 1 atom stereocenters. The van der Waals surface area contributed by atoms with Crippen molar-refractivity contribution in [2.45, 2.75) is 19.4 Å². The van der Waals surface area contributed by atoms with Gasteiger partial charge in [0.2, 0.25) is 0 Å². The Morgan fingerprint density at radius 2 is 1.58 bits per heavy atom. The smallest absolute Gasteiger partial charge is 0.338 e. The van der Waals surface area contributed by atoms with Gasteiger partial charge in [0, 0.05) is 11.7 Å². The summed E-state index contributed by atoms with van der Waals surface area (Å²) in [4.78, 5) is 53.6. The number of nitrogens with zero attached hydrogens (tertiary/aromatic N) is 2. The molecule has 0 fully saturated rings. The molecule has 33 heavy (non-hydrogen) atoms. The maximum atomic E-state index is 12.8. The van der Waals surface area contributed by atoms with Crippen LogP contribution in [0, 0.1) is 0 Å². The number of amides is 3. The topological polar surface area (TPSA) is 84.0 Å². The number of carbonyl (C=O) groups is 4. The second-order valence-corrected chi connectivity index (χ2v) is 8.06. The normalized spacial score (nSPS) is 16.6. The van der Waals surface area contributed by atoms with E-state index >= 15 is 0 Å².